The maximum atomic E-state index is 11.7. The van der Waals surface area contributed by atoms with Gasteiger partial charge in [0.2, 0.25) is 0 Å². The van der Waals surface area contributed by atoms with E-state index in [1.165, 1.54) is 25.3 Å². The summed E-state index contributed by atoms with van der Waals surface area (Å²) < 4.78 is 28.6. The van der Waals surface area contributed by atoms with Crippen LogP contribution in [0.5, 0.6) is 0 Å². The fraction of sp³-hybridized carbons (Fsp3) is 0.625. The van der Waals surface area contributed by atoms with Gasteiger partial charge in [-0.3, -0.25) is 4.18 Å². The van der Waals surface area contributed by atoms with E-state index in [2.05, 4.69) is 13.0 Å². The zero-order chi connectivity index (χ0) is 14.7. The van der Waals surface area contributed by atoms with Crippen LogP contribution in [0.1, 0.15) is 58.3 Å². The summed E-state index contributed by atoms with van der Waals surface area (Å²) in [7, 11) is -3.54. The van der Waals surface area contributed by atoms with Crippen molar-refractivity contribution in [2.24, 2.45) is 0 Å². The van der Waals surface area contributed by atoms with E-state index in [1.807, 2.05) is 12.2 Å². The summed E-state index contributed by atoms with van der Waals surface area (Å²) in [6, 6.07) is 0. The van der Waals surface area contributed by atoms with E-state index in [0.29, 0.717) is 0 Å². The highest BCUT2D eigenvalue weighted by Crippen LogP contribution is 2.22. The number of rotatable bonds is 8. The maximum absolute atomic E-state index is 11.7. The van der Waals surface area contributed by atoms with Crippen LogP contribution in [0, 0.1) is 0 Å². The maximum Gasteiger partial charge on any atom is 0.290 e. The van der Waals surface area contributed by atoms with Crippen LogP contribution in [-0.2, 0) is 14.3 Å². The Bertz CT molecular complexity index is 427. The molecule has 0 aromatic rings. The van der Waals surface area contributed by atoms with Gasteiger partial charge in [-0.2, -0.15) is 8.42 Å². The van der Waals surface area contributed by atoms with Crippen LogP contribution in [0.2, 0.25) is 0 Å². The Morgan fingerprint density at radius 3 is 2.45 bits per heavy atom. The highest BCUT2D eigenvalue weighted by atomic mass is 32.2. The lowest BCUT2D eigenvalue weighted by Crippen LogP contribution is -2.19. The summed E-state index contributed by atoms with van der Waals surface area (Å²) in [6.45, 7) is 2.16. The standard InChI is InChI=1S/C16H26O3S/c1-2-3-4-5-6-7-8-12-15-20(17,18)19-16-13-10-9-11-14-16/h5-8,12,15-16H,2-4,9-11,13-14H2,1H3. The minimum Gasteiger partial charge on any atom is -0.263 e. The van der Waals surface area contributed by atoms with Crippen molar-refractivity contribution in [1.82, 2.24) is 0 Å². The first-order chi connectivity index (χ1) is 9.64. The third-order valence-electron chi connectivity index (χ3n) is 3.26. The molecule has 0 atom stereocenters. The Hall–Kier alpha value is -0.870. The molecule has 0 saturated heterocycles. The summed E-state index contributed by atoms with van der Waals surface area (Å²) >= 11 is 0. The van der Waals surface area contributed by atoms with Crippen molar-refractivity contribution in [3.63, 3.8) is 0 Å². The highest BCUT2D eigenvalue weighted by Gasteiger charge is 2.19. The van der Waals surface area contributed by atoms with Crippen molar-refractivity contribution in [1.29, 1.82) is 0 Å². The highest BCUT2D eigenvalue weighted by molar-refractivity contribution is 7.89. The van der Waals surface area contributed by atoms with E-state index in [1.54, 1.807) is 6.08 Å². The van der Waals surface area contributed by atoms with E-state index in [0.717, 1.165) is 37.5 Å². The van der Waals surface area contributed by atoms with Crippen molar-refractivity contribution in [2.45, 2.75) is 64.4 Å². The van der Waals surface area contributed by atoms with Crippen LogP contribution in [-0.4, -0.2) is 14.5 Å². The second-order valence-electron chi connectivity index (χ2n) is 5.13. The van der Waals surface area contributed by atoms with Crippen LogP contribution in [0.4, 0.5) is 0 Å². The summed E-state index contributed by atoms with van der Waals surface area (Å²) in [5.41, 5.74) is 0. The van der Waals surface area contributed by atoms with Crippen molar-refractivity contribution >= 4 is 10.1 Å². The minimum atomic E-state index is -3.54. The first kappa shape index (κ1) is 17.2. The van der Waals surface area contributed by atoms with E-state index < -0.39 is 10.1 Å². The molecule has 0 spiro atoms. The van der Waals surface area contributed by atoms with Crippen LogP contribution >= 0.6 is 0 Å². The van der Waals surface area contributed by atoms with Gasteiger partial charge in [0.1, 0.15) is 0 Å². The third kappa shape index (κ3) is 8.33. The molecule has 0 heterocycles. The van der Waals surface area contributed by atoms with Gasteiger partial charge in [0, 0.05) is 0 Å². The summed E-state index contributed by atoms with van der Waals surface area (Å²) in [6.07, 6.45) is 17.4. The summed E-state index contributed by atoms with van der Waals surface area (Å²) in [5, 5.41) is 1.14. The number of unbranched alkanes of at least 4 members (excludes halogenated alkanes) is 2. The van der Waals surface area contributed by atoms with Crippen LogP contribution in [0.3, 0.4) is 0 Å². The molecule has 0 bridgehead atoms. The molecule has 20 heavy (non-hydrogen) atoms. The van der Waals surface area contributed by atoms with Gasteiger partial charge >= 0.3 is 0 Å². The van der Waals surface area contributed by atoms with Crippen LogP contribution in [0.25, 0.3) is 0 Å². The number of hydrogen-bond donors (Lipinski definition) is 0. The molecule has 0 aromatic heterocycles. The van der Waals surface area contributed by atoms with Gasteiger partial charge in [-0.05, 0) is 25.3 Å². The molecule has 0 aromatic carbocycles. The SMILES string of the molecule is CCCCC=CC=CC=CS(=O)(=O)OC1CCCCC1. The molecule has 0 aliphatic heterocycles. The molecule has 0 radical (unpaired) electrons. The molecular formula is C16H26O3S. The lowest BCUT2D eigenvalue weighted by Gasteiger charge is -2.20. The van der Waals surface area contributed by atoms with E-state index in [4.69, 9.17) is 4.18 Å². The van der Waals surface area contributed by atoms with Crippen molar-refractivity contribution in [3.05, 3.63) is 35.8 Å². The van der Waals surface area contributed by atoms with E-state index >= 15 is 0 Å². The van der Waals surface area contributed by atoms with E-state index in [9.17, 15) is 8.42 Å². The fourth-order valence-corrected chi connectivity index (χ4v) is 3.07. The number of hydrogen-bond acceptors (Lipinski definition) is 3. The fourth-order valence-electron chi connectivity index (χ4n) is 2.15. The van der Waals surface area contributed by atoms with Gasteiger partial charge in [-0.25, -0.2) is 0 Å². The van der Waals surface area contributed by atoms with E-state index in [-0.39, 0.29) is 6.10 Å². The second kappa shape index (κ2) is 9.94. The topological polar surface area (TPSA) is 43.4 Å². The van der Waals surface area contributed by atoms with Crippen molar-refractivity contribution in [2.75, 3.05) is 0 Å². The van der Waals surface area contributed by atoms with Gasteiger partial charge in [-0.1, -0.05) is 63.3 Å². The molecular weight excluding hydrogens is 272 g/mol. The second-order valence-corrected chi connectivity index (χ2v) is 6.58. The summed E-state index contributed by atoms with van der Waals surface area (Å²) in [4.78, 5) is 0. The molecule has 4 heteroatoms. The molecule has 1 saturated carbocycles. The lowest BCUT2D eigenvalue weighted by atomic mass is 9.98. The molecule has 0 amide bonds. The van der Waals surface area contributed by atoms with Crippen LogP contribution in [0.15, 0.2) is 35.8 Å². The van der Waals surface area contributed by atoms with Gasteiger partial charge in [0.15, 0.2) is 0 Å². The summed E-state index contributed by atoms with van der Waals surface area (Å²) in [5.74, 6) is 0. The zero-order valence-electron chi connectivity index (χ0n) is 12.3. The average Bonchev–Trinajstić information content (AvgIpc) is 2.42. The van der Waals surface area contributed by atoms with Gasteiger partial charge in [0.05, 0.1) is 11.5 Å². The monoisotopic (exact) mass is 298 g/mol. The predicted octanol–water partition coefficient (Wildman–Crippen LogP) is 4.48. The lowest BCUT2D eigenvalue weighted by molar-refractivity contribution is 0.165. The Kier molecular flexibility index (Phi) is 8.54. The molecule has 1 rings (SSSR count). The average molecular weight is 298 g/mol. The Labute approximate surface area is 123 Å². The predicted molar refractivity (Wildman–Crippen MR) is 83.8 cm³/mol. The zero-order valence-corrected chi connectivity index (χ0v) is 13.1. The minimum absolute atomic E-state index is 0.128. The quantitative estimate of drug-likeness (QED) is 0.377. The van der Waals surface area contributed by atoms with Crippen molar-refractivity contribution < 1.29 is 12.6 Å². The molecule has 114 valence electrons. The number of allylic oxidation sites excluding steroid dienone is 5. The van der Waals surface area contributed by atoms with Gasteiger partial charge in [-0.15, -0.1) is 0 Å². The molecule has 1 fully saturated rings. The third-order valence-corrected chi connectivity index (χ3v) is 4.29. The van der Waals surface area contributed by atoms with Gasteiger partial charge in [0.25, 0.3) is 10.1 Å². The van der Waals surface area contributed by atoms with Crippen LogP contribution < -0.4 is 0 Å². The first-order valence-corrected chi connectivity index (χ1v) is 9.04. The van der Waals surface area contributed by atoms with Crippen molar-refractivity contribution in [3.8, 4) is 0 Å². The molecule has 1 aliphatic rings. The molecule has 1 aliphatic carbocycles. The molecule has 3 nitrogen and oxygen atoms in total. The Balaban J connectivity index is 2.31. The molecule has 0 N–H and O–H groups in total. The van der Waals surface area contributed by atoms with Gasteiger partial charge < -0.3 is 0 Å². The Morgan fingerprint density at radius 1 is 1.05 bits per heavy atom. The smallest absolute Gasteiger partial charge is 0.263 e. The normalized spacial score (nSPS) is 18.6. The largest absolute Gasteiger partial charge is 0.290 e. The Morgan fingerprint density at radius 2 is 1.75 bits per heavy atom. The first-order valence-electron chi connectivity index (χ1n) is 7.57. The molecule has 0 unspecified atom stereocenters.